The molecule has 0 saturated carbocycles. The maximum Gasteiger partial charge on any atom is 0.258 e. The number of carbonyl (C=O) groups is 1. The number of thiophene rings is 1. The van der Waals surface area contributed by atoms with E-state index >= 15 is 0 Å². The lowest BCUT2D eigenvalue weighted by Gasteiger charge is -2.07. The minimum Gasteiger partial charge on any atom is -0.484 e. The predicted molar refractivity (Wildman–Crippen MR) is 90.4 cm³/mol. The molecule has 2 aromatic heterocycles. The number of rotatable bonds is 7. The van der Waals surface area contributed by atoms with Gasteiger partial charge >= 0.3 is 0 Å². The Morgan fingerprint density at radius 2 is 2.08 bits per heavy atom. The second kappa shape index (κ2) is 7.74. The molecular weight excluding hydrogens is 329 g/mol. The Hall–Kier alpha value is -2.67. The third kappa shape index (κ3) is 4.42. The summed E-state index contributed by atoms with van der Waals surface area (Å²) in [5, 5.41) is 9.23. The van der Waals surface area contributed by atoms with Gasteiger partial charge in [0, 0.05) is 12.7 Å². The zero-order chi connectivity index (χ0) is 16.8. The first kappa shape index (κ1) is 16.2. The van der Waals surface area contributed by atoms with Gasteiger partial charge in [-0.15, -0.1) is 11.3 Å². The van der Waals surface area contributed by atoms with Crippen molar-refractivity contribution in [3.63, 3.8) is 0 Å². The number of halogens is 1. The number of hydrogen-bond acceptors (Lipinski definition) is 4. The summed E-state index contributed by atoms with van der Waals surface area (Å²) in [6.45, 7) is 0.927. The largest absolute Gasteiger partial charge is 0.484 e. The molecule has 0 aliphatic rings. The van der Waals surface area contributed by atoms with E-state index in [-0.39, 0.29) is 18.3 Å². The molecule has 0 saturated heterocycles. The topological polar surface area (TPSA) is 56.1 Å². The summed E-state index contributed by atoms with van der Waals surface area (Å²) in [5.74, 6) is -0.114. The SMILES string of the molecule is O=C(COc1ccc(F)cc1)NCCn1ccc(-c2cccs2)n1. The van der Waals surface area contributed by atoms with Crippen molar-refractivity contribution in [2.45, 2.75) is 6.54 Å². The van der Waals surface area contributed by atoms with Gasteiger partial charge < -0.3 is 10.1 Å². The molecule has 124 valence electrons. The first-order chi connectivity index (χ1) is 11.7. The highest BCUT2D eigenvalue weighted by molar-refractivity contribution is 7.13. The van der Waals surface area contributed by atoms with Crippen LogP contribution in [0.5, 0.6) is 5.75 Å². The molecule has 0 fully saturated rings. The van der Waals surface area contributed by atoms with E-state index in [0.717, 1.165) is 10.6 Å². The van der Waals surface area contributed by atoms with Crippen molar-refractivity contribution in [1.29, 1.82) is 0 Å². The standard InChI is InChI=1S/C17H16FN3O2S/c18-13-3-5-14(6-4-13)23-12-17(22)19-8-10-21-9-7-15(20-21)16-2-1-11-24-16/h1-7,9,11H,8,10,12H2,(H,19,22). The van der Waals surface area contributed by atoms with E-state index in [9.17, 15) is 9.18 Å². The Labute approximate surface area is 142 Å². The van der Waals surface area contributed by atoms with Crippen LogP contribution in [-0.4, -0.2) is 28.8 Å². The van der Waals surface area contributed by atoms with Crippen LogP contribution >= 0.6 is 11.3 Å². The molecule has 2 heterocycles. The fourth-order valence-electron chi connectivity index (χ4n) is 2.08. The van der Waals surface area contributed by atoms with Gasteiger partial charge in [-0.05, 0) is 41.8 Å². The number of hydrogen-bond donors (Lipinski definition) is 1. The zero-order valence-corrected chi connectivity index (χ0v) is 13.6. The number of nitrogens with one attached hydrogen (secondary N) is 1. The minimum absolute atomic E-state index is 0.106. The summed E-state index contributed by atoms with van der Waals surface area (Å²) < 4.78 is 19.8. The number of benzene rings is 1. The van der Waals surface area contributed by atoms with Gasteiger partial charge in [0.05, 0.1) is 11.4 Å². The molecule has 0 atom stereocenters. The van der Waals surface area contributed by atoms with Crippen LogP contribution in [-0.2, 0) is 11.3 Å². The molecule has 7 heteroatoms. The van der Waals surface area contributed by atoms with Crippen LogP contribution in [0.25, 0.3) is 10.6 Å². The van der Waals surface area contributed by atoms with Crippen LogP contribution in [0, 0.1) is 5.82 Å². The van der Waals surface area contributed by atoms with Crippen molar-refractivity contribution < 1.29 is 13.9 Å². The number of aromatic nitrogens is 2. The Morgan fingerprint density at radius 1 is 1.25 bits per heavy atom. The van der Waals surface area contributed by atoms with E-state index in [1.807, 2.05) is 29.8 Å². The van der Waals surface area contributed by atoms with Crippen LogP contribution < -0.4 is 10.1 Å². The average molecular weight is 345 g/mol. The maximum atomic E-state index is 12.8. The second-order valence-corrected chi connectivity index (χ2v) is 5.98. The van der Waals surface area contributed by atoms with Crippen molar-refractivity contribution in [3.8, 4) is 16.3 Å². The Morgan fingerprint density at radius 3 is 2.83 bits per heavy atom. The average Bonchev–Trinajstić information content (AvgIpc) is 3.25. The van der Waals surface area contributed by atoms with Gasteiger partial charge in [-0.2, -0.15) is 5.10 Å². The highest BCUT2D eigenvalue weighted by Crippen LogP contribution is 2.22. The molecule has 0 aliphatic carbocycles. The fourth-order valence-corrected chi connectivity index (χ4v) is 2.77. The lowest BCUT2D eigenvalue weighted by atomic mass is 10.3. The van der Waals surface area contributed by atoms with Gasteiger partial charge in [0.1, 0.15) is 17.3 Å². The molecule has 3 aromatic rings. The molecule has 0 spiro atoms. The normalized spacial score (nSPS) is 10.5. The summed E-state index contributed by atoms with van der Waals surface area (Å²) in [5.41, 5.74) is 0.927. The third-order valence-corrected chi connectivity index (χ3v) is 4.15. The predicted octanol–water partition coefficient (Wildman–Crippen LogP) is 2.95. The Balaban J connectivity index is 1.40. The third-order valence-electron chi connectivity index (χ3n) is 3.26. The second-order valence-electron chi connectivity index (χ2n) is 5.03. The van der Waals surface area contributed by atoms with Crippen molar-refractivity contribution in [2.75, 3.05) is 13.2 Å². The summed E-state index contributed by atoms with van der Waals surface area (Å²) in [7, 11) is 0. The summed E-state index contributed by atoms with van der Waals surface area (Å²) >= 11 is 1.64. The van der Waals surface area contributed by atoms with Gasteiger partial charge in [-0.25, -0.2) is 4.39 Å². The quantitative estimate of drug-likeness (QED) is 0.716. The molecule has 5 nitrogen and oxygen atoms in total. The van der Waals surface area contributed by atoms with Crippen LogP contribution in [0.1, 0.15) is 0 Å². The van der Waals surface area contributed by atoms with Gasteiger partial charge in [0.2, 0.25) is 0 Å². The summed E-state index contributed by atoms with van der Waals surface area (Å²) in [6, 6.07) is 11.5. The molecular formula is C17H16FN3O2S. The first-order valence-electron chi connectivity index (χ1n) is 7.43. The highest BCUT2D eigenvalue weighted by atomic mass is 32.1. The highest BCUT2D eigenvalue weighted by Gasteiger charge is 2.05. The molecule has 3 rings (SSSR count). The van der Waals surface area contributed by atoms with E-state index in [1.54, 1.807) is 16.0 Å². The van der Waals surface area contributed by atoms with Gasteiger partial charge in [0.25, 0.3) is 5.91 Å². The Kier molecular flexibility index (Phi) is 5.22. The monoisotopic (exact) mass is 345 g/mol. The number of ether oxygens (including phenoxy) is 1. The summed E-state index contributed by atoms with van der Waals surface area (Å²) in [4.78, 5) is 12.8. The van der Waals surface area contributed by atoms with Crippen molar-refractivity contribution in [3.05, 3.63) is 59.9 Å². The number of carbonyl (C=O) groups excluding carboxylic acids is 1. The van der Waals surface area contributed by atoms with E-state index in [1.165, 1.54) is 24.3 Å². The van der Waals surface area contributed by atoms with E-state index in [4.69, 9.17) is 4.74 Å². The summed E-state index contributed by atoms with van der Waals surface area (Å²) in [6.07, 6.45) is 1.89. The van der Waals surface area contributed by atoms with E-state index in [0.29, 0.717) is 18.8 Å². The maximum absolute atomic E-state index is 12.8. The smallest absolute Gasteiger partial charge is 0.258 e. The van der Waals surface area contributed by atoms with Crippen LogP contribution in [0.4, 0.5) is 4.39 Å². The van der Waals surface area contributed by atoms with Gasteiger partial charge in [-0.1, -0.05) is 6.07 Å². The molecule has 1 aromatic carbocycles. The van der Waals surface area contributed by atoms with E-state index < -0.39 is 0 Å². The van der Waals surface area contributed by atoms with Crippen LogP contribution in [0.3, 0.4) is 0 Å². The van der Waals surface area contributed by atoms with Gasteiger partial charge in [-0.3, -0.25) is 9.48 Å². The molecule has 24 heavy (non-hydrogen) atoms. The first-order valence-corrected chi connectivity index (χ1v) is 8.31. The number of amides is 1. The fraction of sp³-hybridized carbons (Fsp3) is 0.176. The zero-order valence-electron chi connectivity index (χ0n) is 12.8. The molecule has 0 unspecified atom stereocenters. The molecule has 0 radical (unpaired) electrons. The molecule has 0 bridgehead atoms. The minimum atomic E-state index is -0.340. The van der Waals surface area contributed by atoms with Crippen LogP contribution in [0.15, 0.2) is 54.0 Å². The van der Waals surface area contributed by atoms with Gasteiger partial charge in [0.15, 0.2) is 6.61 Å². The Bertz CT molecular complexity index is 785. The molecule has 0 aliphatic heterocycles. The van der Waals surface area contributed by atoms with E-state index in [2.05, 4.69) is 10.4 Å². The van der Waals surface area contributed by atoms with Crippen LogP contribution in [0.2, 0.25) is 0 Å². The lowest BCUT2D eigenvalue weighted by molar-refractivity contribution is -0.123. The lowest BCUT2D eigenvalue weighted by Crippen LogP contribution is -2.31. The van der Waals surface area contributed by atoms with Crippen molar-refractivity contribution >= 4 is 17.2 Å². The van der Waals surface area contributed by atoms with Crippen molar-refractivity contribution in [1.82, 2.24) is 15.1 Å². The van der Waals surface area contributed by atoms with Crippen molar-refractivity contribution in [2.24, 2.45) is 0 Å². The molecule has 1 amide bonds. The molecule has 1 N–H and O–H groups in total. The number of nitrogens with zero attached hydrogens (tertiary/aromatic N) is 2.